The Balaban J connectivity index is 4.11. The molecule has 0 aromatic carbocycles. The molecule has 0 amide bonds. The van der Waals surface area contributed by atoms with E-state index in [0.29, 0.717) is 11.8 Å². The second-order valence-electron chi connectivity index (χ2n) is 3.70. The first-order valence-corrected chi connectivity index (χ1v) is 7.61. The first-order valence-electron chi connectivity index (χ1n) is 5.27. The molecule has 0 aromatic rings. The zero-order chi connectivity index (χ0) is 15.1. The zero-order valence-electron chi connectivity index (χ0n) is 10.0. The van der Waals surface area contributed by atoms with Crippen molar-refractivity contribution in [3.63, 3.8) is 0 Å². The first kappa shape index (κ1) is 18.8. The van der Waals surface area contributed by atoms with Gasteiger partial charge in [0, 0.05) is 5.75 Å². The molecule has 0 aliphatic heterocycles. The van der Waals surface area contributed by atoms with Gasteiger partial charge in [-0.15, -0.1) is 11.8 Å². The summed E-state index contributed by atoms with van der Waals surface area (Å²) < 4.78 is 72.9. The van der Waals surface area contributed by atoms with Gasteiger partial charge < -0.3 is 0 Å². The highest BCUT2D eigenvalue weighted by Gasteiger charge is 2.39. The molecule has 1 nitrogen and oxygen atoms in total. The second-order valence-corrected chi connectivity index (χ2v) is 6.05. The van der Waals surface area contributed by atoms with Crippen LogP contribution >= 0.6 is 23.5 Å². The van der Waals surface area contributed by atoms with Crippen LogP contribution in [0.4, 0.5) is 26.3 Å². The molecule has 0 aliphatic rings. The highest BCUT2D eigenvalue weighted by atomic mass is 32.2. The van der Waals surface area contributed by atoms with Gasteiger partial charge in [-0.3, -0.25) is 0 Å². The minimum atomic E-state index is -4.35. The van der Waals surface area contributed by atoms with Gasteiger partial charge in [-0.05, 0) is 19.1 Å². The summed E-state index contributed by atoms with van der Waals surface area (Å²) in [6.07, 6.45) is -8.71. The number of hydrogen-bond donors (Lipinski definition) is 0. The Morgan fingerprint density at radius 1 is 1.11 bits per heavy atom. The van der Waals surface area contributed by atoms with Crippen LogP contribution in [-0.4, -0.2) is 34.9 Å². The zero-order valence-corrected chi connectivity index (χ0v) is 11.6. The average molecular weight is 325 g/mol. The predicted molar refractivity (Wildman–Crippen MR) is 65.1 cm³/mol. The molecule has 0 spiro atoms. The third-order valence-corrected chi connectivity index (χ3v) is 4.44. The smallest absolute Gasteiger partial charge is 0.197 e. The molecule has 2 unspecified atom stereocenters. The molecule has 0 rings (SSSR count). The quantitative estimate of drug-likeness (QED) is 0.637. The Hall–Kier alpha value is -0.230. The lowest BCUT2D eigenvalue weighted by Crippen LogP contribution is -2.26. The van der Waals surface area contributed by atoms with Gasteiger partial charge >= 0.3 is 12.4 Å². The largest absolute Gasteiger partial charge is 0.400 e. The molecule has 0 aliphatic carbocycles. The SMILES string of the molecule is CSC(CCC(C#N)SCCC(F)(F)F)C(F)(F)F. The molecule has 9 heteroatoms. The van der Waals surface area contributed by atoms with E-state index < -0.39 is 29.3 Å². The van der Waals surface area contributed by atoms with E-state index in [0.717, 1.165) is 11.8 Å². The fourth-order valence-corrected chi connectivity index (χ4v) is 2.87. The standard InChI is InChI=1S/C10H13F6NS2/c1-18-8(10(14,15)16)3-2-7(6-17)19-5-4-9(11,12)13/h7-8H,2-5H2,1H3. The van der Waals surface area contributed by atoms with Gasteiger partial charge in [0.2, 0.25) is 0 Å². The van der Waals surface area contributed by atoms with E-state index in [9.17, 15) is 26.3 Å². The monoisotopic (exact) mass is 325 g/mol. The van der Waals surface area contributed by atoms with Crippen LogP contribution < -0.4 is 0 Å². The van der Waals surface area contributed by atoms with E-state index in [1.807, 2.05) is 0 Å². The van der Waals surface area contributed by atoms with Crippen molar-refractivity contribution in [3.05, 3.63) is 0 Å². The van der Waals surface area contributed by atoms with Crippen molar-refractivity contribution in [3.8, 4) is 6.07 Å². The highest BCUT2D eigenvalue weighted by molar-refractivity contribution is 8.00. The summed E-state index contributed by atoms with van der Waals surface area (Å²) in [7, 11) is 0. The maximum Gasteiger partial charge on any atom is 0.400 e. The van der Waals surface area contributed by atoms with E-state index in [1.54, 1.807) is 6.07 Å². The fraction of sp³-hybridized carbons (Fsp3) is 0.900. The summed E-state index contributed by atoms with van der Waals surface area (Å²) >= 11 is 1.39. The van der Waals surface area contributed by atoms with Crippen molar-refractivity contribution in [2.45, 2.75) is 42.1 Å². The molecule has 19 heavy (non-hydrogen) atoms. The summed E-state index contributed by atoms with van der Waals surface area (Å²) in [6.45, 7) is 0. The molecule has 0 heterocycles. The van der Waals surface area contributed by atoms with Crippen LogP contribution in [-0.2, 0) is 0 Å². The Morgan fingerprint density at radius 3 is 2.05 bits per heavy atom. The first-order chi connectivity index (χ1) is 8.60. The molecule has 0 N–H and O–H groups in total. The van der Waals surface area contributed by atoms with Crippen molar-refractivity contribution in [2.75, 3.05) is 12.0 Å². The molecule has 0 aromatic heterocycles. The van der Waals surface area contributed by atoms with Gasteiger partial charge in [0.05, 0.1) is 17.7 Å². The molecule has 0 fully saturated rings. The molecule has 0 saturated carbocycles. The van der Waals surface area contributed by atoms with Crippen LogP contribution in [0.5, 0.6) is 0 Å². The Kier molecular flexibility index (Phi) is 8.05. The average Bonchev–Trinajstić information content (AvgIpc) is 2.24. The van der Waals surface area contributed by atoms with Crippen molar-refractivity contribution < 1.29 is 26.3 Å². The van der Waals surface area contributed by atoms with Gasteiger partial charge in [-0.2, -0.15) is 43.4 Å². The fourth-order valence-electron chi connectivity index (χ4n) is 1.22. The van der Waals surface area contributed by atoms with E-state index in [4.69, 9.17) is 5.26 Å². The van der Waals surface area contributed by atoms with E-state index in [2.05, 4.69) is 0 Å². The normalized spacial score (nSPS) is 15.9. The van der Waals surface area contributed by atoms with Gasteiger partial charge in [0.15, 0.2) is 0 Å². The summed E-state index contributed by atoms with van der Waals surface area (Å²) in [5.74, 6) is -0.308. The summed E-state index contributed by atoms with van der Waals surface area (Å²) in [5.41, 5.74) is 0. The van der Waals surface area contributed by atoms with Crippen molar-refractivity contribution in [1.82, 2.24) is 0 Å². The lowest BCUT2D eigenvalue weighted by Gasteiger charge is -2.19. The van der Waals surface area contributed by atoms with Crippen molar-refractivity contribution in [2.24, 2.45) is 0 Å². The van der Waals surface area contributed by atoms with E-state index in [-0.39, 0.29) is 18.6 Å². The van der Waals surface area contributed by atoms with Gasteiger partial charge in [-0.1, -0.05) is 0 Å². The van der Waals surface area contributed by atoms with E-state index >= 15 is 0 Å². The van der Waals surface area contributed by atoms with Crippen LogP contribution in [0, 0.1) is 11.3 Å². The van der Waals surface area contributed by atoms with Gasteiger partial charge in [0.25, 0.3) is 0 Å². The molecule has 0 saturated heterocycles. The van der Waals surface area contributed by atoms with E-state index in [1.165, 1.54) is 6.26 Å². The van der Waals surface area contributed by atoms with Crippen LogP contribution in [0.3, 0.4) is 0 Å². The number of rotatable bonds is 7. The Morgan fingerprint density at radius 2 is 1.68 bits per heavy atom. The number of nitrogens with zero attached hydrogens (tertiary/aromatic N) is 1. The third-order valence-electron chi connectivity index (χ3n) is 2.19. The van der Waals surface area contributed by atoms with Crippen LogP contribution in [0.15, 0.2) is 0 Å². The topological polar surface area (TPSA) is 23.8 Å². The Bertz CT molecular complexity index is 296. The molecule has 2 atom stereocenters. The maximum atomic E-state index is 12.4. The highest BCUT2D eigenvalue weighted by Crippen LogP contribution is 2.34. The number of hydrogen-bond acceptors (Lipinski definition) is 3. The minimum Gasteiger partial charge on any atom is -0.197 e. The van der Waals surface area contributed by atoms with Crippen LogP contribution in [0.2, 0.25) is 0 Å². The Labute approximate surface area is 116 Å². The second kappa shape index (κ2) is 8.15. The van der Waals surface area contributed by atoms with Gasteiger partial charge in [-0.25, -0.2) is 0 Å². The van der Waals surface area contributed by atoms with Crippen molar-refractivity contribution >= 4 is 23.5 Å². The summed E-state index contributed by atoms with van der Waals surface area (Å²) in [5, 5.41) is 6.29. The van der Waals surface area contributed by atoms with Crippen LogP contribution in [0.1, 0.15) is 19.3 Å². The number of thioether (sulfide) groups is 2. The predicted octanol–water partition coefficient (Wildman–Crippen LogP) is 4.64. The molecule has 112 valence electrons. The molecule has 0 radical (unpaired) electrons. The lowest BCUT2D eigenvalue weighted by molar-refractivity contribution is -0.130. The lowest BCUT2D eigenvalue weighted by atomic mass is 10.2. The summed E-state index contributed by atoms with van der Waals surface area (Å²) in [4.78, 5) is 0. The third kappa shape index (κ3) is 9.32. The molecular formula is C10H13F6NS2. The van der Waals surface area contributed by atoms with Gasteiger partial charge in [0.1, 0.15) is 5.25 Å². The molecule has 0 bridgehead atoms. The number of nitriles is 1. The number of alkyl halides is 6. The number of halogens is 6. The van der Waals surface area contributed by atoms with Crippen molar-refractivity contribution in [1.29, 1.82) is 5.26 Å². The summed E-state index contributed by atoms with van der Waals surface area (Å²) in [6, 6.07) is 1.74. The molecular weight excluding hydrogens is 312 g/mol. The van der Waals surface area contributed by atoms with Crippen LogP contribution in [0.25, 0.3) is 0 Å². The maximum absolute atomic E-state index is 12.4. The minimum absolute atomic E-state index is 0.0654.